The Morgan fingerprint density at radius 3 is 2.57 bits per heavy atom. The summed E-state index contributed by atoms with van der Waals surface area (Å²) < 4.78 is 2.23. The number of benzene rings is 1. The van der Waals surface area contributed by atoms with Crippen LogP contribution in [0.4, 0.5) is 5.69 Å². The van der Waals surface area contributed by atoms with Crippen LogP contribution in [0.2, 0.25) is 0 Å². The van der Waals surface area contributed by atoms with Crippen molar-refractivity contribution in [2.45, 2.75) is 19.9 Å². The van der Waals surface area contributed by atoms with Crippen molar-refractivity contribution in [3.63, 3.8) is 0 Å². The zero-order valence-corrected chi connectivity index (χ0v) is 16.1. The number of nitriles is 1. The van der Waals surface area contributed by atoms with Gasteiger partial charge in [-0.25, -0.2) is 0 Å². The van der Waals surface area contributed by atoms with E-state index >= 15 is 0 Å². The molecule has 6 nitrogen and oxygen atoms in total. The molecule has 2 aromatic rings. The Balaban J connectivity index is 1.90. The molecule has 0 amide bonds. The fourth-order valence-corrected chi connectivity index (χ4v) is 4.10. The van der Waals surface area contributed by atoms with E-state index in [4.69, 9.17) is 5.21 Å². The van der Waals surface area contributed by atoms with Crippen LogP contribution in [0, 0.1) is 11.3 Å². The molecule has 0 radical (unpaired) electrons. The average Bonchev–Trinajstić information content (AvgIpc) is 2.89. The summed E-state index contributed by atoms with van der Waals surface area (Å²) in [6, 6.07) is 9.95. The van der Waals surface area contributed by atoms with Gasteiger partial charge in [0.15, 0.2) is 0 Å². The van der Waals surface area contributed by atoms with Crippen molar-refractivity contribution >= 4 is 17.8 Å². The van der Waals surface area contributed by atoms with Crippen molar-refractivity contribution in [2.24, 2.45) is 0 Å². The maximum Gasteiger partial charge on any atom is 0.102 e. The molecule has 0 bridgehead atoms. The molecule has 0 unspecified atom stereocenters. The van der Waals surface area contributed by atoms with Crippen LogP contribution in [0.1, 0.15) is 18.9 Å². The summed E-state index contributed by atoms with van der Waals surface area (Å²) in [4.78, 5) is 2.42. The second kappa shape index (κ2) is 7.93. The Morgan fingerprint density at radius 1 is 1.18 bits per heavy atom. The highest BCUT2D eigenvalue weighted by Crippen LogP contribution is 2.24. The van der Waals surface area contributed by atoms with Gasteiger partial charge in [0.25, 0.3) is 0 Å². The van der Waals surface area contributed by atoms with Gasteiger partial charge in [0.05, 0.1) is 22.3 Å². The van der Waals surface area contributed by atoms with Crippen molar-refractivity contribution in [3.05, 3.63) is 52.2 Å². The molecule has 1 aliphatic heterocycles. The summed E-state index contributed by atoms with van der Waals surface area (Å²) in [5.74, 6) is 0. The van der Waals surface area contributed by atoms with E-state index in [2.05, 4.69) is 51.5 Å². The lowest BCUT2D eigenvalue weighted by Gasteiger charge is -2.30. The van der Waals surface area contributed by atoms with Crippen molar-refractivity contribution in [1.82, 2.24) is 14.8 Å². The van der Waals surface area contributed by atoms with Crippen LogP contribution in [0.25, 0.3) is 23.4 Å². The van der Waals surface area contributed by atoms with Gasteiger partial charge in [-0.2, -0.15) is 5.26 Å². The Morgan fingerprint density at radius 2 is 1.93 bits per heavy atom. The third-order valence-corrected chi connectivity index (χ3v) is 5.47. The maximum absolute atomic E-state index is 9.97. The van der Waals surface area contributed by atoms with Crippen molar-refractivity contribution in [2.75, 3.05) is 31.7 Å². The van der Waals surface area contributed by atoms with Gasteiger partial charge in [0, 0.05) is 43.6 Å². The number of hydrogen-bond acceptors (Lipinski definition) is 5. The van der Waals surface area contributed by atoms with E-state index in [1.54, 1.807) is 0 Å². The number of nitrogens with one attached hydrogen (secondary N) is 2. The fourth-order valence-electron chi connectivity index (χ4n) is 4.10. The van der Waals surface area contributed by atoms with Gasteiger partial charge in [-0.15, -0.1) is 0 Å². The molecular formula is C22H25N5O. The largest absolute Gasteiger partial charge is 0.369 e. The van der Waals surface area contributed by atoms with E-state index in [0.717, 1.165) is 61.0 Å². The van der Waals surface area contributed by atoms with Crippen LogP contribution in [-0.4, -0.2) is 40.9 Å². The maximum atomic E-state index is 9.97. The Kier molecular flexibility index (Phi) is 5.20. The number of allylic oxidation sites excluding steroid dienone is 2. The van der Waals surface area contributed by atoms with Gasteiger partial charge >= 0.3 is 0 Å². The molecule has 0 spiro atoms. The molecule has 3 N–H and O–H groups in total. The van der Waals surface area contributed by atoms with Crippen LogP contribution >= 0.6 is 0 Å². The van der Waals surface area contributed by atoms with Gasteiger partial charge < -0.3 is 14.8 Å². The normalized spacial score (nSPS) is 16.2. The van der Waals surface area contributed by atoms with Crippen LogP contribution in [0.3, 0.4) is 0 Å². The molecule has 28 heavy (non-hydrogen) atoms. The second-order valence-corrected chi connectivity index (χ2v) is 7.02. The number of piperazine rings is 1. The minimum Gasteiger partial charge on any atom is -0.369 e. The predicted octanol–water partition coefficient (Wildman–Crippen LogP) is 1.60. The molecule has 1 aliphatic carbocycles. The zero-order chi connectivity index (χ0) is 19.5. The summed E-state index contributed by atoms with van der Waals surface area (Å²) >= 11 is 0. The first-order valence-corrected chi connectivity index (χ1v) is 9.77. The molecule has 1 aromatic heterocycles. The van der Waals surface area contributed by atoms with E-state index in [1.165, 1.54) is 5.70 Å². The molecule has 2 heterocycles. The SMILES string of the molecule is CCn1c(-c2ccc(NO)cc2)c(C#N)c2c1=CC(N1CCNCC1)=CCC=2. The highest BCUT2D eigenvalue weighted by Gasteiger charge is 2.19. The molecule has 0 atom stereocenters. The first-order valence-electron chi connectivity index (χ1n) is 9.77. The number of rotatable bonds is 4. The Hall–Kier alpha value is -3.01. The number of nitrogens with zero attached hydrogens (tertiary/aromatic N) is 3. The minimum atomic E-state index is 0.625. The summed E-state index contributed by atoms with van der Waals surface area (Å²) in [6.07, 6.45) is 7.48. The lowest BCUT2D eigenvalue weighted by Crippen LogP contribution is -2.43. The molecule has 4 rings (SSSR count). The predicted molar refractivity (Wildman–Crippen MR) is 111 cm³/mol. The summed E-state index contributed by atoms with van der Waals surface area (Å²) in [7, 11) is 0. The molecule has 6 heteroatoms. The monoisotopic (exact) mass is 375 g/mol. The smallest absolute Gasteiger partial charge is 0.102 e. The van der Waals surface area contributed by atoms with Gasteiger partial charge in [-0.3, -0.25) is 10.7 Å². The first-order chi connectivity index (χ1) is 13.8. The van der Waals surface area contributed by atoms with Crippen molar-refractivity contribution in [1.29, 1.82) is 5.26 Å². The Labute approximate surface area is 164 Å². The van der Waals surface area contributed by atoms with E-state index in [0.29, 0.717) is 11.3 Å². The van der Waals surface area contributed by atoms with E-state index < -0.39 is 0 Å². The molecule has 1 fully saturated rings. The zero-order valence-electron chi connectivity index (χ0n) is 16.1. The van der Waals surface area contributed by atoms with E-state index in [1.807, 2.05) is 24.3 Å². The number of hydrogen-bond donors (Lipinski definition) is 3. The van der Waals surface area contributed by atoms with Crippen molar-refractivity contribution in [3.8, 4) is 17.3 Å². The quantitative estimate of drug-likeness (QED) is 0.708. The molecule has 144 valence electrons. The summed E-state index contributed by atoms with van der Waals surface area (Å²) in [5, 5.41) is 24.6. The highest BCUT2D eigenvalue weighted by atomic mass is 16.5. The van der Waals surface area contributed by atoms with Crippen LogP contribution in [0.15, 0.2) is 36.0 Å². The van der Waals surface area contributed by atoms with Gasteiger partial charge in [0.1, 0.15) is 6.07 Å². The molecule has 1 aromatic carbocycles. The summed E-state index contributed by atoms with van der Waals surface area (Å²) in [5.41, 5.74) is 6.65. The number of anilines is 1. The molecule has 0 saturated carbocycles. The summed E-state index contributed by atoms with van der Waals surface area (Å²) in [6.45, 7) is 6.88. The van der Waals surface area contributed by atoms with Gasteiger partial charge in [-0.1, -0.05) is 24.3 Å². The molecule has 1 saturated heterocycles. The number of fused-ring (bicyclic) bond motifs is 1. The van der Waals surface area contributed by atoms with Crippen LogP contribution in [-0.2, 0) is 6.54 Å². The van der Waals surface area contributed by atoms with E-state index in [9.17, 15) is 5.26 Å². The first kappa shape index (κ1) is 18.4. The van der Waals surface area contributed by atoms with Crippen LogP contribution in [0.5, 0.6) is 0 Å². The highest BCUT2D eigenvalue weighted by molar-refractivity contribution is 5.72. The minimum absolute atomic E-state index is 0.625. The Bertz CT molecular complexity index is 1050. The average molecular weight is 375 g/mol. The lowest BCUT2D eigenvalue weighted by molar-refractivity contribution is 0.310. The lowest BCUT2D eigenvalue weighted by atomic mass is 10.1. The second-order valence-electron chi connectivity index (χ2n) is 7.02. The fraction of sp³-hybridized carbons (Fsp3) is 0.318. The standard InChI is InChI=1S/C22H25N5O/c1-2-27-21-14-18(26-12-10-24-11-13-26)4-3-5-19(21)20(15-23)22(27)16-6-8-17(25-28)9-7-16/h4-9,14,24-25,28H,2-3,10-13H2,1H3. The number of aromatic nitrogens is 1. The third kappa shape index (κ3) is 3.19. The topological polar surface area (TPSA) is 76.2 Å². The van der Waals surface area contributed by atoms with Crippen LogP contribution < -0.4 is 21.4 Å². The van der Waals surface area contributed by atoms with E-state index in [-0.39, 0.29) is 0 Å². The van der Waals surface area contributed by atoms with Gasteiger partial charge in [-0.05, 0) is 37.1 Å². The molecule has 2 aliphatic rings. The van der Waals surface area contributed by atoms with Crippen molar-refractivity contribution < 1.29 is 5.21 Å². The van der Waals surface area contributed by atoms with Gasteiger partial charge in [0.2, 0.25) is 0 Å². The molecular weight excluding hydrogens is 350 g/mol. The third-order valence-electron chi connectivity index (χ3n) is 5.47.